The number of carbonyl (C=O) groups is 2. The molecule has 0 bridgehead atoms. The van der Waals surface area contributed by atoms with E-state index in [0.717, 1.165) is 24.8 Å². The van der Waals surface area contributed by atoms with Gasteiger partial charge in [0.15, 0.2) is 0 Å². The molecule has 1 heterocycles. The number of aliphatic hydroxyl groups is 1. The number of hydrogen-bond acceptors (Lipinski definition) is 3. The SMILES string of the molecule is CN(CC(=O)N1CCC(O)CC1)C(=O)C1(c2ccc(F)cc2)CCC1. The highest BCUT2D eigenvalue weighted by atomic mass is 19.1. The number of aliphatic hydroxyl groups excluding tert-OH is 1. The molecule has 5 nitrogen and oxygen atoms in total. The summed E-state index contributed by atoms with van der Waals surface area (Å²) in [5.41, 5.74) is 0.200. The minimum atomic E-state index is -0.624. The summed E-state index contributed by atoms with van der Waals surface area (Å²) in [5, 5.41) is 9.54. The van der Waals surface area contributed by atoms with E-state index in [0.29, 0.717) is 25.9 Å². The Labute approximate surface area is 147 Å². The van der Waals surface area contributed by atoms with Gasteiger partial charge in [-0.05, 0) is 43.4 Å². The van der Waals surface area contributed by atoms with E-state index in [4.69, 9.17) is 0 Å². The number of halogens is 1. The number of likely N-dealkylation sites (tertiary alicyclic amines) is 1. The largest absolute Gasteiger partial charge is 0.393 e. The van der Waals surface area contributed by atoms with Gasteiger partial charge in [-0.25, -0.2) is 4.39 Å². The van der Waals surface area contributed by atoms with Crippen molar-refractivity contribution < 1.29 is 19.1 Å². The van der Waals surface area contributed by atoms with E-state index in [1.807, 2.05) is 0 Å². The summed E-state index contributed by atoms with van der Waals surface area (Å²) in [4.78, 5) is 28.7. The van der Waals surface area contributed by atoms with Crippen molar-refractivity contribution in [3.8, 4) is 0 Å². The van der Waals surface area contributed by atoms with Crippen molar-refractivity contribution >= 4 is 11.8 Å². The molecule has 1 aromatic carbocycles. The zero-order valence-corrected chi connectivity index (χ0v) is 14.6. The molecule has 1 aromatic rings. The maximum Gasteiger partial charge on any atom is 0.242 e. The molecule has 1 aliphatic heterocycles. The lowest BCUT2D eigenvalue weighted by Crippen LogP contribution is -2.53. The van der Waals surface area contributed by atoms with Crippen molar-refractivity contribution in [3.05, 3.63) is 35.6 Å². The van der Waals surface area contributed by atoms with Crippen molar-refractivity contribution in [2.75, 3.05) is 26.7 Å². The van der Waals surface area contributed by atoms with Gasteiger partial charge in [0.05, 0.1) is 18.1 Å². The van der Waals surface area contributed by atoms with Crippen LogP contribution in [0.4, 0.5) is 4.39 Å². The third-order valence-corrected chi connectivity index (χ3v) is 5.55. The zero-order chi connectivity index (χ0) is 18.0. The van der Waals surface area contributed by atoms with Gasteiger partial charge < -0.3 is 14.9 Å². The Hall–Kier alpha value is -1.95. The zero-order valence-electron chi connectivity index (χ0n) is 14.6. The minimum Gasteiger partial charge on any atom is -0.393 e. The van der Waals surface area contributed by atoms with Crippen molar-refractivity contribution in [1.29, 1.82) is 0 Å². The maximum atomic E-state index is 13.2. The molecule has 25 heavy (non-hydrogen) atoms. The molecule has 2 aliphatic rings. The van der Waals surface area contributed by atoms with Crippen LogP contribution in [0, 0.1) is 5.82 Å². The second kappa shape index (κ2) is 7.12. The van der Waals surface area contributed by atoms with E-state index < -0.39 is 5.41 Å². The van der Waals surface area contributed by atoms with Gasteiger partial charge in [-0.3, -0.25) is 9.59 Å². The molecule has 136 valence electrons. The maximum absolute atomic E-state index is 13.2. The Kier molecular flexibility index (Phi) is 5.08. The summed E-state index contributed by atoms with van der Waals surface area (Å²) < 4.78 is 13.2. The first-order chi connectivity index (χ1) is 11.9. The predicted octanol–water partition coefficient (Wildman–Crippen LogP) is 1.69. The van der Waals surface area contributed by atoms with Crippen molar-refractivity contribution in [2.24, 2.45) is 0 Å². The molecule has 0 unspecified atom stereocenters. The summed E-state index contributed by atoms with van der Waals surface area (Å²) >= 11 is 0. The van der Waals surface area contributed by atoms with Crippen LogP contribution in [0.25, 0.3) is 0 Å². The monoisotopic (exact) mass is 348 g/mol. The third-order valence-electron chi connectivity index (χ3n) is 5.55. The molecule has 2 amide bonds. The second-order valence-corrected chi connectivity index (χ2v) is 7.22. The third kappa shape index (κ3) is 3.54. The van der Waals surface area contributed by atoms with Gasteiger partial charge >= 0.3 is 0 Å². The van der Waals surface area contributed by atoms with E-state index in [9.17, 15) is 19.1 Å². The van der Waals surface area contributed by atoms with Crippen LogP contribution >= 0.6 is 0 Å². The average molecular weight is 348 g/mol. The molecule has 0 atom stereocenters. The highest BCUT2D eigenvalue weighted by Gasteiger charge is 2.47. The molecular formula is C19H25FN2O3. The van der Waals surface area contributed by atoms with Gasteiger partial charge in [0.2, 0.25) is 11.8 Å². The van der Waals surface area contributed by atoms with Gasteiger partial charge in [0.1, 0.15) is 5.82 Å². The molecule has 0 spiro atoms. The molecule has 1 aliphatic carbocycles. The number of benzene rings is 1. The number of likely N-dealkylation sites (N-methyl/N-ethyl adjacent to an activating group) is 1. The van der Waals surface area contributed by atoms with Gasteiger partial charge in [-0.15, -0.1) is 0 Å². The van der Waals surface area contributed by atoms with Gasteiger partial charge in [-0.2, -0.15) is 0 Å². The van der Waals surface area contributed by atoms with Crippen LogP contribution in [0.15, 0.2) is 24.3 Å². The Morgan fingerprint density at radius 2 is 1.84 bits per heavy atom. The van der Waals surface area contributed by atoms with E-state index in [1.54, 1.807) is 24.1 Å². The highest BCUT2D eigenvalue weighted by molar-refractivity contribution is 5.92. The van der Waals surface area contributed by atoms with E-state index >= 15 is 0 Å². The molecule has 6 heteroatoms. The summed E-state index contributed by atoms with van der Waals surface area (Å²) in [7, 11) is 1.66. The summed E-state index contributed by atoms with van der Waals surface area (Å²) in [6, 6.07) is 6.11. The molecule has 1 saturated carbocycles. The molecule has 0 radical (unpaired) electrons. The lowest BCUT2D eigenvalue weighted by molar-refractivity contribution is -0.146. The standard InChI is InChI=1S/C19H25FN2O3/c1-21(13-17(24)22-11-7-16(23)8-12-22)18(25)19(9-2-10-19)14-3-5-15(20)6-4-14/h3-6,16,23H,2,7-13H2,1H3. The molecule has 3 rings (SSSR count). The fraction of sp³-hybridized carbons (Fsp3) is 0.579. The van der Waals surface area contributed by atoms with Crippen LogP contribution in [0.2, 0.25) is 0 Å². The molecule has 2 fully saturated rings. The molecule has 1 saturated heterocycles. The molecular weight excluding hydrogens is 323 g/mol. The number of nitrogens with zero attached hydrogens (tertiary/aromatic N) is 2. The fourth-order valence-corrected chi connectivity index (χ4v) is 3.78. The van der Waals surface area contributed by atoms with Crippen LogP contribution in [-0.2, 0) is 15.0 Å². The van der Waals surface area contributed by atoms with Crippen LogP contribution in [-0.4, -0.2) is 59.5 Å². The minimum absolute atomic E-state index is 0.0396. The average Bonchev–Trinajstić information content (AvgIpc) is 2.56. The Morgan fingerprint density at radius 3 is 2.36 bits per heavy atom. The van der Waals surface area contributed by atoms with Crippen LogP contribution < -0.4 is 0 Å². The molecule has 1 N–H and O–H groups in total. The van der Waals surface area contributed by atoms with Gasteiger partial charge in [-0.1, -0.05) is 18.6 Å². The van der Waals surface area contributed by atoms with Gasteiger partial charge in [0, 0.05) is 20.1 Å². The topological polar surface area (TPSA) is 60.9 Å². The van der Waals surface area contributed by atoms with Crippen molar-refractivity contribution in [1.82, 2.24) is 9.80 Å². The highest BCUT2D eigenvalue weighted by Crippen LogP contribution is 2.45. The van der Waals surface area contributed by atoms with Crippen molar-refractivity contribution in [2.45, 2.75) is 43.6 Å². The lowest BCUT2D eigenvalue weighted by atomic mass is 9.63. The first kappa shape index (κ1) is 17.9. The number of hydrogen-bond donors (Lipinski definition) is 1. The number of rotatable bonds is 4. The van der Waals surface area contributed by atoms with Crippen LogP contribution in [0.5, 0.6) is 0 Å². The number of carbonyl (C=O) groups excluding carboxylic acids is 2. The number of amides is 2. The van der Waals surface area contributed by atoms with E-state index in [2.05, 4.69) is 0 Å². The van der Waals surface area contributed by atoms with E-state index in [1.165, 1.54) is 17.0 Å². The Balaban J connectivity index is 1.66. The van der Waals surface area contributed by atoms with Crippen LogP contribution in [0.3, 0.4) is 0 Å². The van der Waals surface area contributed by atoms with Crippen molar-refractivity contribution in [3.63, 3.8) is 0 Å². The first-order valence-corrected chi connectivity index (χ1v) is 8.90. The quantitative estimate of drug-likeness (QED) is 0.901. The van der Waals surface area contributed by atoms with Crippen LogP contribution in [0.1, 0.15) is 37.7 Å². The smallest absolute Gasteiger partial charge is 0.242 e. The summed E-state index contributed by atoms with van der Waals surface area (Å²) in [5.74, 6) is -0.478. The lowest BCUT2D eigenvalue weighted by Gasteiger charge is -2.43. The first-order valence-electron chi connectivity index (χ1n) is 8.90. The second-order valence-electron chi connectivity index (χ2n) is 7.22. The number of piperidine rings is 1. The fourth-order valence-electron chi connectivity index (χ4n) is 3.78. The Bertz CT molecular complexity index is 635. The Morgan fingerprint density at radius 1 is 1.24 bits per heavy atom. The summed E-state index contributed by atoms with van der Waals surface area (Å²) in [6.45, 7) is 1.11. The predicted molar refractivity (Wildman–Crippen MR) is 91.4 cm³/mol. The van der Waals surface area contributed by atoms with Gasteiger partial charge in [0.25, 0.3) is 0 Å². The molecule has 0 aromatic heterocycles. The summed E-state index contributed by atoms with van der Waals surface area (Å²) in [6.07, 6.45) is 3.25. The van der Waals surface area contributed by atoms with E-state index in [-0.39, 0.29) is 30.3 Å². The normalized spacial score (nSPS) is 20.0.